The van der Waals surface area contributed by atoms with Gasteiger partial charge in [-0.15, -0.1) is 0 Å². The number of rotatable bonds is 12. The molecule has 1 aliphatic carbocycles. The molecule has 0 bridgehead atoms. The van der Waals surface area contributed by atoms with E-state index in [1.807, 2.05) is 0 Å². The number of hydrogen-bond acceptors (Lipinski definition) is 3. The summed E-state index contributed by atoms with van der Waals surface area (Å²) in [4.78, 5) is 0. The third kappa shape index (κ3) is 7.91. The Morgan fingerprint density at radius 1 is 1.11 bits per heavy atom. The Balaban J connectivity index is 2.06. The van der Waals surface area contributed by atoms with Crippen LogP contribution in [0.1, 0.15) is 58.3 Å². The van der Waals surface area contributed by atoms with Crippen molar-refractivity contribution in [2.24, 2.45) is 5.92 Å². The average Bonchev–Trinajstić information content (AvgIpc) is 2.95. The van der Waals surface area contributed by atoms with Gasteiger partial charge in [0.1, 0.15) is 0 Å². The lowest BCUT2D eigenvalue weighted by molar-refractivity contribution is 0.0681. The molecule has 114 valence electrons. The third-order valence-electron chi connectivity index (χ3n) is 4.11. The summed E-state index contributed by atoms with van der Waals surface area (Å²) in [5.74, 6) is 0.931. The lowest BCUT2D eigenvalue weighted by atomic mass is 9.93. The van der Waals surface area contributed by atoms with Crippen LogP contribution in [0.3, 0.4) is 0 Å². The second-order valence-corrected chi connectivity index (χ2v) is 5.71. The van der Waals surface area contributed by atoms with Gasteiger partial charge in [-0.1, -0.05) is 19.8 Å². The largest absolute Gasteiger partial charge is 0.382 e. The third-order valence-corrected chi connectivity index (χ3v) is 4.11. The molecule has 0 heterocycles. The summed E-state index contributed by atoms with van der Waals surface area (Å²) in [5.41, 5.74) is 0. The summed E-state index contributed by atoms with van der Waals surface area (Å²) in [6, 6.07) is 0.751. The molecule has 0 aromatic rings. The predicted molar refractivity (Wildman–Crippen MR) is 80.6 cm³/mol. The van der Waals surface area contributed by atoms with Crippen molar-refractivity contribution in [3.63, 3.8) is 0 Å². The zero-order chi connectivity index (χ0) is 13.8. The van der Waals surface area contributed by atoms with Crippen LogP contribution in [0.2, 0.25) is 0 Å². The van der Waals surface area contributed by atoms with Crippen molar-refractivity contribution < 1.29 is 9.47 Å². The van der Waals surface area contributed by atoms with E-state index >= 15 is 0 Å². The van der Waals surface area contributed by atoms with E-state index in [2.05, 4.69) is 12.2 Å². The number of unbranched alkanes of at least 4 members (excludes halogenated alkanes) is 1. The van der Waals surface area contributed by atoms with Crippen molar-refractivity contribution in [1.29, 1.82) is 0 Å². The topological polar surface area (TPSA) is 30.5 Å². The van der Waals surface area contributed by atoms with Crippen LogP contribution in [0.25, 0.3) is 0 Å². The summed E-state index contributed by atoms with van der Waals surface area (Å²) in [6.07, 6.45) is 10.8. The molecule has 1 saturated carbocycles. The van der Waals surface area contributed by atoms with E-state index in [1.54, 1.807) is 7.11 Å². The van der Waals surface area contributed by atoms with Crippen molar-refractivity contribution >= 4 is 0 Å². The van der Waals surface area contributed by atoms with Crippen LogP contribution in [0.5, 0.6) is 0 Å². The molecule has 3 heteroatoms. The summed E-state index contributed by atoms with van der Waals surface area (Å²) < 4.78 is 10.5. The zero-order valence-electron chi connectivity index (χ0n) is 13.0. The highest BCUT2D eigenvalue weighted by atomic mass is 16.5. The standard InChI is InChI=1S/C16H33NO2/c1-3-11-17-16(15-8-4-5-9-15)10-6-7-12-19-14-13-18-2/h15-17H,3-14H2,1-2H3. The normalized spacial score (nSPS) is 18.0. The van der Waals surface area contributed by atoms with Crippen molar-refractivity contribution in [2.45, 2.75) is 64.3 Å². The molecule has 1 atom stereocenters. The first-order valence-electron chi connectivity index (χ1n) is 8.18. The maximum atomic E-state index is 5.52. The molecule has 0 aliphatic heterocycles. The fraction of sp³-hybridized carbons (Fsp3) is 1.00. The minimum Gasteiger partial charge on any atom is -0.382 e. The van der Waals surface area contributed by atoms with E-state index in [-0.39, 0.29) is 0 Å². The monoisotopic (exact) mass is 271 g/mol. The average molecular weight is 271 g/mol. The van der Waals surface area contributed by atoms with E-state index in [4.69, 9.17) is 9.47 Å². The van der Waals surface area contributed by atoms with Gasteiger partial charge in [0.2, 0.25) is 0 Å². The molecule has 1 unspecified atom stereocenters. The fourth-order valence-electron chi connectivity index (χ4n) is 3.01. The maximum Gasteiger partial charge on any atom is 0.0700 e. The quantitative estimate of drug-likeness (QED) is 0.552. The van der Waals surface area contributed by atoms with Gasteiger partial charge in [0.05, 0.1) is 13.2 Å². The molecule has 1 aliphatic rings. The van der Waals surface area contributed by atoms with Crippen LogP contribution >= 0.6 is 0 Å². The molecule has 3 nitrogen and oxygen atoms in total. The van der Waals surface area contributed by atoms with Gasteiger partial charge in [-0.05, 0) is 51.0 Å². The van der Waals surface area contributed by atoms with Gasteiger partial charge >= 0.3 is 0 Å². The molecule has 0 spiro atoms. The Kier molecular flexibility index (Phi) is 10.4. The predicted octanol–water partition coefficient (Wildman–Crippen LogP) is 3.38. The van der Waals surface area contributed by atoms with Crippen LogP contribution in [0.15, 0.2) is 0 Å². The first-order valence-corrected chi connectivity index (χ1v) is 8.18. The SMILES string of the molecule is CCCNC(CCCCOCCOC)C1CCCC1. The van der Waals surface area contributed by atoms with Crippen molar-refractivity contribution in [3.05, 3.63) is 0 Å². The van der Waals surface area contributed by atoms with Gasteiger partial charge in [-0.25, -0.2) is 0 Å². The van der Waals surface area contributed by atoms with Gasteiger partial charge < -0.3 is 14.8 Å². The van der Waals surface area contributed by atoms with Crippen molar-refractivity contribution in [2.75, 3.05) is 33.5 Å². The van der Waals surface area contributed by atoms with E-state index in [1.165, 1.54) is 57.9 Å². The lowest BCUT2D eigenvalue weighted by Gasteiger charge is -2.24. The molecule has 0 amide bonds. The first kappa shape index (κ1) is 16.9. The Labute approximate surface area is 119 Å². The lowest BCUT2D eigenvalue weighted by Crippen LogP contribution is -2.35. The second-order valence-electron chi connectivity index (χ2n) is 5.71. The summed E-state index contributed by atoms with van der Waals surface area (Å²) >= 11 is 0. The summed E-state index contributed by atoms with van der Waals surface area (Å²) in [6.45, 7) is 5.75. The highest BCUT2D eigenvalue weighted by Gasteiger charge is 2.23. The summed E-state index contributed by atoms with van der Waals surface area (Å²) in [5, 5.41) is 3.76. The van der Waals surface area contributed by atoms with Gasteiger partial charge in [0.25, 0.3) is 0 Å². The van der Waals surface area contributed by atoms with Crippen LogP contribution in [-0.4, -0.2) is 39.5 Å². The maximum absolute atomic E-state index is 5.52. The number of nitrogens with one attached hydrogen (secondary N) is 1. The molecule has 19 heavy (non-hydrogen) atoms. The minimum atomic E-state index is 0.711. The molecule has 0 aromatic heterocycles. The first-order chi connectivity index (χ1) is 9.38. The van der Waals surface area contributed by atoms with Crippen LogP contribution in [-0.2, 0) is 9.47 Å². The molecule has 1 N–H and O–H groups in total. The summed E-state index contributed by atoms with van der Waals surface area (Å²) in [7, 11) is 1.72. The Hall–Kier alpha value is -0.120. The number of ether oxygens (including phenoxy) is 2. The van der Waals surface area contributed by atoms with E-state index < -0.39 is 0 Å². The molecule has 1 fully saturated rings. The van der Waals surface area contributed by atoms with E-state index in [9.17, 15) is 0 Å². The highest BCUT2D eigenvalue weighted by Crippen LogP contribution is 2.29. The Morgan fingerprint density at radius 3 is 2.58 bits per heavy atom. The van der Waals surface area contributed by atoms with Gasteiger partial charge in [0, 0.05) is 19.8 Å². The van der Waals surface area contributed by atoms with Crippen LogP contribution in [0.4, 0.5) is 0 Å². The Morgan fingerprint density at radius 2 is 1.89 bits per heavy atom. The molecule has 0 saturated heterocycles. The smallest absolute Gasteiger partial charge is 0.0700 e. The Bertz CT molecular complexity index is 193. The van der Waals surface area contributed by atoms with E-state index in [0.717, 1.165) is 25.2 Å². The highest BCUT2D eigenvalue weighted by molar-refractivity contribution is 4.80. The van der Waals surface area contributed by atoms with Gasteiger partial charge in [0.15, 0.2) is 0 Å². The van der Waals surface area contributed by atoms with Crippen molar-refractivity contribution in [3.8, 4) is 0 Å². The minimum absolute atomic E-state index is 0.711. The van der Waals surface area contributed by atoms with Gasteiger partial charge in [-0.2, -0.15) is 0 Å². The number of methoxy groups -OCH3 is 1. The van der Waals surface area contributed by atoms with Crippen LogP contribution < -0.4 is 5.32 Å². The van der Waals surface area contributed by atoms with Crippen molar-refractivity contribution in [1.82, 2.24) is 5.32 Å². The molecule has 0 aromatic carbocycles. The molecular formula is C16H33NO2. The zero-order valence-corrected chi connectivity index (χ0v) is 13.0. The molecule has 1 rings (SSSR count). The fourth-order valence-corrected chi connectivity index (χ4v) is 3.01. The van der Waals surface area contributed by atoms with Crippen LogP contribution in [0, 0.1) is 5.92 Å². The molecular weight excluding hydrogens is 238 g/mol. The second kappa shape index (κ2) is 11.7. The number of hydrogen-bond donors (Lipinski definition) is 1. The molecule has 0 radical (unpaired) electrons. The van der Waals surface area contributed by atoms with E-state index in [0.29, 0.717) is 6.61 Å². The van der Waals surface area contributed by atoms with Gasteiger partial charge in [-0.3, -0.25) is 0 Å².